The van der Waals surface area contributed by atoms with Crippen LogP contribution in [0.5, 0.6) is 5.75 Å². The largest absolute Gasteiger partial charge is 0.491 e. The molecule has 26 heavy (non-hydrogen) atoms. The number of esters is 1. The number of rotatable bonds is 7. The van der Waals surface area contributed by atoms with Crippen LogP contribution in [-0.4, -0.2) is 23.8 Å². The van der Waals surface area contributed by atoms with Crippen LogP contribution in [0.15, 0.2) is 48.5 Å². The Kier molecular flexibility index (Phi) is 7.41. The van der Waals surface area contributed by atoms with Gasteiger partial charge in [-0.15, -0.1) is 0 Å². The highest BCUT2D eigenvalue weighted by Gasteiger charge is 2.07. The van der Waals surface area contributed by atoms with Gasteiger partial charge in [0.2, 0.25) is 0 Å². The van der Waals surface area contributed by atoms with Crippen LogP contribution < -0.4 is 15.4 Å². The lowest BCUT2D eigenvalue weighted by molar-refractivity contribution is 0.0526. The average molecular weight is 372 g/mol. The van der Waals surface area contributed by atoms with Crippen LogP contribution in [0.2, 0.25) is 0 Å². The van der Waals surface area contributed by atoms with Crippen LogP contribution in [0.1, 0.15) is 36.7 Å². The molecule has 0 aromatic heterocycles. The molecule has 0 saturated carbocycles. The maximum atomic E-state index is 11.8. The lowest BCUT2D eigenvalue weighted by Gasteiger charge is -2.13. The fourth-order valence-electron chi connectivity index (χ4n) is 2.25. The Morgan fingerprint density at radius 3 is 2.54 bits per heavy atom. The monoisotopic (exact) mass is 372 g/mol. The highest BCUT2D eigenvalue weighted by atomic mass is 32.1. The lowest BCUT2D eigenvalue weighted by atomic mass is 10.2. The molecule has 0 aliphatic rings. The molecule has 0 amide bonds. The molecule has 2 N–H and O–H groups in total. The van der Waals surface area contributed by atoms with Gasteiger partial charge in [0.1, 0.15) is 5.75 Å². The van der Waals surface area contributed by atoms with Gasteiger partial charge in [0.25, 0.3) is 0 Å². The van der Waals surface area contributed by atoms with Crippen LogP contribution in [0, 0.1) is 0 Å². The van der Waals surface area contributed by atoms with Crippen LogP contribution in [0.3, 0.4) is 0 Å². The van der Waals surface area contributed by atoms with Crippen LogP contribution in [0.4, 0.5) is 5.69 Å². The van der Waals surface area contributed by atoms with E-state index in [4.69, 9.17) is 21.7 Å². The molecule has 0 fully saturated rings. The third-order valence-electron chi connectivity index (χ3n) is 3.38. The van der Waals surface area contributed by atoms with Crippen molar-refractivity contribution in [2.45, 2.75) is 33.4 Å². The van der Waals surface area contributed by atoms with Crippen molar-refractivity contribution in [3.8, 4) is 5.75 Å². The molecule has 2 aromatic carbocycles. The molecule has 0 radical (unpaired) electrons. The highest BCUT2D eigenvalue weighted by molar-refractivity contribution is 7.80. The molecule has 0 bridgehead atoms. The molecule has 5 nitrogen and oxygen atoms in total. The summed E-state index contributed by atoms with van der Waals surface area (Å²) in [7, 11) is 0. The minimum absolute atomic E-state index is 0.154. The number of thiocarbonyl (C=S) groups is 1. The zero-order valence-corrected chi connectivity index (χ0v) is 16.1. The zero-order chi connectivity index (χ0) is 18.9. The number of benzene rings is 2. The number of carbonyl (C=O) groups excluding carboxylic acids is 1. The summed E-state index contributed by atoms with van der Waals surface area (Å²) in [5.74, 6) is 0.499. The van der Waals surface area contributed by atoms with Crippen molar-refractivity contribution in [1.29, 1.82) is 0 Å². The summed E-state index contributed by atoms with van der Waals surface area (Å²) in [6, 6.07) is 14.9. The van der Waals surface area contributed by atoms with Crippen molar-refractivity contribution in [3.63, 3.8) is 0 Å². The van der Waals surface area contributed by atoms with Gasteiger partial charge in [-0.2, -0.15) is 0 Å². The van der Waals surface area contributed by atoms with Gasteiger partial charge in [-0.3, -0.25) is 0 Å². The predicted molar refractivity (Wildman–Crippen MR) is 108 cm³/mol. The Hall–Kier alpha value is -2.60. The number of nitrogens with one attached hydrogen (secondary N) is 2. The van der Waals surface area contributed by atoms with E-state index in [-0.39, 0.29) is 12.1 Å². The van der Waals surface area contributed by atoms with E-state index in [2.05, 4.69) is 10.6 Å². The molecular formula is C20H24N2O3S. The number of hydrogen-bond acceptors (Lipinski definition) is 4. The molecule has 2 aromatic rings. The van der Waals surface area contributed by atoms with Crippen molar-refractivity contribution in [2.24, 2.45) is 0 Å². The second kappa shape index (κ2) is 9.77. The number of ether oxygens (including phenoxy) is 2. The van der Waals surface area contributed by atoms with E-state index >= 15 is 0 Å². The molecule has 138 valence electrons. The Labute approximate surface area is 159 Å². The predicted octanol–water partition coefficient (Wildman–Crippen LogP) is 4.14. The van der Waals surface area contributed by atoms with Gasteiger partial charge in [0.05, 0.1) is 18.3 Å². The molecule has 0 saturated heterocycles. The second-order valence-corrected chi connectivity index (χ2v) is 6.33. The molecule has 0 aliphatic heterocycles. The normalized spacial score (nSPS) is 10.3. The number of hydrogen-bond donors (Lipinski definition) is 2. The van der Waals surface area contributed by atoms with Crippen molar-refractivity contribution in [1.82, 2.24) is 5.32 Å². The molecule has 0 spiro atoms. The van der Waals surface area contributed by atoms with Gasteiger partial charge >= 0.3 is 5.97 Å². The molecule has 0 aliphatic carbocycles. The minimum atomic E-state index is -0.348. The van der Waals surface area contributed by atoms with Crippen molar-refractivity contribution >= 4 is 29.0 Å². The summed E-state index contributed by atoms with van der Waals surface area (Å²) in [4.78, 5) is 11.8. The van der Waals surface area contributed by atoms with E-state index in [1.54, 1.807) is 25.1 Å². The Morgan fingerprint density at radius 2 is 1.88 bits per heavy atom. The molecule has 0 heterocycles. The maximum Gasteiger partial charge on any atom is 0.338 e. The minimum Gasteiger partial charge on any atom is -0.491 e. The molecule has 2 rings (SSSR count). The molecule has 6 heteroatoms. The third-order valence-corrected chi connectivity index (χ3v) is 3.63. The van der Waals surface area contributed by atoms with Gasteiger partial charge < -0.3 is 20.1 Å². The topological polar surface area (TPSA) is 59.6 Å². The average Bonchev–Trinajstić information content (AvgIpc) is 2.61. The van der Waals surface area contributed by atoms with Gasteiger partial charge in [0, 0.05) is 12.2 Å². The summed E-state index contributed by atoms with van der Waals surface area (Å²) in [6.45, 7) is 6.70. The fraction of sp³-hybridized carbons (Fsp3) is 0.300. The quantitative estimate of drug-likeness (QED) is 0.563. The van der Waals surface area contributed by atoms with E-state index in [0.717, 1.165) is 17.0 Å². The van der Waals surface area contributed by atoms with Gasteiger partial charge in [-0.1, -0.05) is 18.2 Å². The third kappa shape index (κ3) is 6.37. The van der Waals surface area contributed by atoms with Crippen molar-refractivity contribution in [3.05, 3.63) is 59.7 Å². The number of anilines is 1. The van der Waals surface area contributed by atoms with Crippen molar-refractivity contribution < 1.29 is 14.3 Å². The van der Waals surface area contributed by atoms with Crippen molar-refractivity contribution in [2.75, 3.05) is 11.9 Å². The highest BCUT2D eigenvalue weighted by Crippen LogP contribution is 2.14. The van der Waals surface area contributed by atoms with E-state index < -0.39 is 0 Å². The SMILES string of the molecule is CCOC(=O)c1cccc(NC(=S)NCc2ccc(OC(C)C)cc2)c1. The lowest BCUT2D eigenvalue weighted by Crippen LogP contribution is -2.27. The first-order valence-corrected chi connectivity index (χ1v) is 8.96. The fourth-order valence-corrected chi connectivity index (χ4v) is 2.44. The van der Waals surface area contributed by atoms with E-state index in [1.165, 1.54) is 0 Å². The first kappa shape index (κ1) is 19.7. The Balaban J connectivity index is 1.87. The van der Waals surface area contributed by atoms with Gasteiger partial charge in [0.15, 0.2) is 5.11 Å². The first-order valence-electron chi connectivity index (χ1n) is 8.55. The maximum absolute atomic E-state index is 11.8. The summed E-state index contributed by atoms with van der Waals surface area (Å²) in [5.41, 5.74) is 2.31. The summed E-state index contributed by atoms with van der Waals surface area (Å²) >= 11 is 5.32. The zero-order valence-electron chi connectivity index (χ0n) is 15.2. The van der Waals surface area contributed by atoms with Gasteiger partial charge in [-0.25, -0.2) is 4.79 Å². The summed E-state index contributed by atoms with van der Waals surface area (Å²) < 4.78 is 10.6. The van der Waals surface area contributed by atoms with Gasteiger partial charge in [-0.05, 0) is 68.9 Å². The Morgan fingerprint density at radius 1 is 1.15 bits per heavy atom. The number of carbonyl (C=O) groups is 1. The molecular weight excluding hydrogens is 348 g/mol. The van der Waals surface area contributed by atoms with Crippen LogP contribution in [-0.2, 0) is 11.3 Å². The standard InChI is InChI=1S/C20H24N2O3S/c1-4-24-19(23)16-6-5-7-17(12-16)22-20(26)21-13-15-8-10-18(11-9-15)25-14(2)3/h5-12,14H,4,13H2,1-3H3,(H2,21,22,26). The van der Waals surface area contributed by atoms with Crippen LogP contribution in [0.25, 0.3) is 0 Å². The van der Waals surface area contributed by atoms with E-state index in [9.17, 15) is 4.79 Å². The van der Waals surface area contributed by atoms with E-state index in [0.29, 0.717) is 23.8 Å². The first-order chi connectivity index (χ1) is 12.5. The second-order valence-electron chi connectivity index (χ2n) is 5.92. The Bertz CT molecular complexity index is 745. The molecule has 0 unspecified atom stereocenters. The summed E-state index contributed by atoms with van der Waals surface area (Å²) in [6.07, 6.45) is 0.154. The van der Waals surface area contributed by atoms with Crippen LogP contribution >= 0.6 is 12.2 Å². The molecule has 0 atom stereocenters. The van der Waals surface area contributed by atoms with E-state index in [1.807, 2.05) is 44.2 Å². The summed E-state index contributed by atoms with van der Waals surface area (Å²) in [5, 5.41) is 6.70. The smallest absolute Gasteiger partial charge is 0.338 e.